The monoisotopic (exact) mass is 383 g/mol. The van der Waals surface area contributed by atoms with Crippen LogP contribution >= 0.6 is 0 Å². The van der Waals surface area contributed by atoms with Crippen LogP contribution in [-0.4, -0.2) is 42.9 Å². The van der Waals surface area contributed by atoms with Crippen LogP contribution < -0.4 is 21.3 Å². The lowest BCUT2D eigenvalue weighted by molar-refractivity contribution is -0.116. The van der Waals surface area contributed by atoms with E-state index in [0.29, 0.717) is 22.6 Å². The van der Waals surface area contributed by atoms with Crippen molar-refractivity contribution in [3.63, 3.8) is 0 Å². The van der Waals surface area contributed by atoms with Gasteiger partial charge in [-0.25, -0.2) is 4.99 Å². The topological polar surface area (TPSA) is 128 Å². The smallest absolute Gasteiger partial charge is 0.308 e. The van der Waals surface area contributed by atoms with Gasteiger partial charge in [-0.1, -0.05) is 6.58 Å². The van der Waals surface area contributed by atoms with E-state index in [1.807, 2.05) is 0 Å². The number of pyridine rings is 1. The Bertz CT molecular complexity index is 850. The van der Waals surface area contributed by atoms with Gasteiger partial charge in [0.05, 0.1) is 18.4 Å². The Kier molecular flexibility index (Phi) is 7.67. The van der Waals surface area contributed by atoms with Gasteiger partial charge in [0.15, 0.2) is 0 Å². The second-order valence-corrected chi connectivity index (χ2v) is 5.46. The average Bonchev–Trinajstić information content (AvgIpc) is 2.75. The van der Waals surface area contributed by atoms with Crippen molar-refractivity contribution in [1.82, 2.24) is 15.6 Å². The number of aromatic nitrogens is 1. The molecule has 146 valence electrons. The number of carbonyl (C=O) groups excluding carboxylic acids is 2. The van der Waals surface area contributed by atoms with Crippen LogP contribution in [0.4, 0.5) is 0 Å². The number of methoxy groups -OCH3 is 1. The van der Waals surface area contributed by atoms with E-state index in [1.165, 1.54) is 6.20 Å². The van der Waals surface area contributed by atoms with Crippen LogP contribution in [0.25, 0.3) is 5.70 Å². The van der Waals surface area contributed by atoms with Crippen molar-refractivity contribution in [3.05, 3.63) is 66.5 Å². The van der Waals surface area contributed by atoms with Crippen LogP contribution in [0.15, 0.2) is 60.4 Å². The number of nitrogens with one attached hydrogen (secondary N) is 2. The number of ether oxygens (including phenoxy) is 1. The zero-order chi connectivity index (χ0) is 20.4. The molecule has 0 bridgehead atoms. The Morgan fingerprint density at radius 3 is 2.46 bits per heavy atom. The second-order valence-electron chi connectivity index (χ2n) is 5.46. The molecule has 9 nitrogen and oxygen atoms in total. The van der Waals surface area contributed by atoms with E-state index in [9.17, 15) is 9.59 Å². The number of carbonyl (C=O) groups is 2. The molecule has 1 aromatic heterocycles. The molecule has 2 rings (SSSR count). The first-order valence-corrected chi connectivity index (χ1v) is 8.30. The lowest BCUT2D eigenvalue weighted by atomic mass is 10.2. The summed E-state index contributed by atoms with van der Waals surface area (Å²) in [5, 5.41) is 5.20. The molecule has 0 saturated carbocycles. The Morgan fingerprint density at radius 2 is 1.86 bits per heavy atom. The van der Waals surface area contributed by atoms with Gasteiger partial charge in [-0.2, -0.15) is 5.90 Å². The van der Waals surface area contributed by atoms with Gasteiger partial charge in [0.2, 0.25) is 0 Å². The van der Waals surface area contributed by atoms with E-state index in [-0.39, 0.29) is 24.9 Å². The normalized spacial score (nSPS) is 10.7. The zero-order valence-corrected chi connectivity index (χ0v) is 15.3. The van der Waals surface area contributed by atoms with Gasteiger partial charge in [-0.15, -0.1) is 0 Å². The molecule has 9 heteroatoms. The Balaban J connectivity index is 1.85. The van der Waals surface area contributed by atoms with Crippen molar-refractivity contribution < 1.29 is 19.2 Å². The molecule has 0 radical (unpaired) electrons. The first kappa shape index (κ1) is 20.6. The van der Waals surface area contributed by atoms with Crippen molar-refractivity contribution in [1.29, 1.82) is 0 Å². The minimum atomic E-state index is -0.632. The van der Waals surface area contributed by atoms with Crippen molar-refractivity contribution >= 4 is 23.4 Å². The first-order chi connectivity index (χ1) is 13.5. The van der Waals surface area contributed by atoms with Gasteiger partial charge >= 0.3 is 11.8 Å². The van der Waals surface area contributed by atoms with Crippen LogP contribution in [0.3, 0.4) is 0 Å². The van der Waals surface area contributed by atoms with E-state index in [1.54, 1.807) is 49.7 Å². The number of amides is 2. The summed E-state index contributed by atoms with van der Waals surface area (Å²) in [5.74, 6) is 4.56. The van der Waals surface area contributed by atoms with Crippen LogP contribution in [0.2, 0.25) is 0 Å². The quantitative estimate of drug-likeness (QED) is 0.282. The number of nitrogens with zero attached hydrogens (tertiary/aromatic N) is 2. The van der Waals surface area contributed by atoms with Crippen LogP contribution in [-0.2, 0) is 9.63 Å². The molecule has 1 aromatic carbocycles. The summed E-state index contributed by atoms with van der Waals surface area (Å²) in [7, 11) is 1.56. The molecule has 0 aliphatic heterocycles. The highest BCUT2D eigenvalue weighted by molar-refractivity contribution is 6.35. The SMILES string of the molecule is C=C(/N=C(\ON)C(=O)NCCNC(=O)c1cccnc1)c1ccc(OC)cc1. The van der Waals surface area contributed by atoms with E-state index < -0.39 is 5.91 Å². The maximum Gasteiger partial charge on any atom is 0.308 e. The van der Waals surface area contributed by atoms with Gasteiger partial charge in [-0.3, -0.25) is 14.6 Å². The lowest BCUT2D eigenvalue weighted by Gasteiger charge is -2.08. The first-order valence-electron chi connectivity index (χ1n) is 8.30. The fourth-order valence-electron chi connectivity index (χ4n) is 2.13. The number of nitrogens with two attached hydrogens (primary N) is 1. The summed E-state index contributed by atoms with van der Waals surface area (Å²) >= 11 is 0. The highest BCUT2D eigenvalue weighted by atomic mass is 16.6. The number of benzene rings is 1. The molecular weight excluding hydrogens is 362 g/mol. The van der Waals surface area contributed by atoms with E-state index in [2.05, 4.69) is 32.0 Å². The molecule has 4 N–H and O–H groups in total. The van der Waals surface area contributed by atoms with Crippen molar-refractivity contribution in [2.45, 2.75) is 0 Å². The largest absolute Gasteiger partial charge is 0.497 e. The van der Waals surface area contributed by atoms with Crippen LogP contribution in [0, 0.1) is 0 Å². The van der Waals surface area contributed by atoms with Gasteiger partial charge in [0.1, 0.15) is 5.75 Å². The number of hydrogen-bond donors (Lipinski definition) is 3. The second kappa shape index (κ2) is 10.4. The minimum Gasteiger partial charge on any atom is -0.497 e. The van der Waals surface area contributed by atoms with Crippen molar-refractivity contribution in [3.8, 4) is 5.75 Å². The fraction of sp³-hybridized carbons (Fsp3) is 0.158. The highest BCUT2D eigenvalue weighted by Crippen LogP contribution is 2.18. The number of hydrogen-bond acceptors (Lipinski definition) is 7. The minimum absolute atomic E-state index is 0.155. The summed E-state index contributed by atoms with van der Waals surface area (Å²) < 4.78 is 5.08. The predicted octanol–water partition coefficient (Wildman–Crippen LogP) is 0.896. The molecule has 0 aliphatic rings. The molecule has 0 saturated heterocycles. The standard InChI is InChI=1S/C19H21N5O4/c1-13(14-5-7-16(27-2)8-6-14)24-19(28-20)18(26)23-11-10-22-17(25)15-4-3-9-21-12-15/h3-9,12H,1,10-11,20H2,2H3,(H,22,25)(H,23,26)/b24-19-. The summed E-state index contributed by atoms with van der Waals surface area (Å²) in [5.41, 5.74) is 1.40. The summed E-state index contributed by atoms with van der Waals surface area (Å²) in [6.07, 6.45) is 3.02. The molecular formula is C19H21N5O4. The molecule has 0 atom stereocenters. The van der Waals surface area contributed by atoms with Crippen LogP contribution in [0.5, 0.6) is 5.75 Å². The average molecular weight is 383 g/mol. The molecule has 28 heavy (non-hydrogen) atoms. The maximum atomic E-state index is 12.1. The molecule has 0 spiro atoms. The molecule has 0 unspecified atom stereocenters. The molecule has 1 heterocycles. The molecule has 0 aliphatic carbocycles. The summed E-state index contributed by atoms with van der Waals surface area (Å²) in [4.78, 5) is 36.4. The van der Waals surface area contributed by atoms with Crippen molar-refractivity contribution in [2.24, 2.45) is 10.9 Å². The number of aliphatic imine (C=N–C) groups is 1. The third-order valence-corrected chi connectivity index (χ3v) is 3.59. The summed E-state index contributed by atoms with van der Waals surface area (Å²) in [6.45, 7) is 4.16. The third kappa shape index (κ3) is 5.92. The lowest BCUT2D eigenvalue weighted by Crippen LogP contribution is -2.39. The maximum absolute atomic E-state index is 12.1. The van der Waals surface area contributed by atoms with Gasteiger partial charge in [-0.05, 0) is 42.0 Å². The van der Waals surface area contributed by atoms with Gasteiger partial charge in [0, 0.05) is 25.5 Å². The van der Waals surface area contributed by atoms with Gasteiger partial charge < -0.3 is 20.2 Å². The third-order valence-electron chi connectivity index (χ3n) is 3.59. The molecule has 2 amide bonds. The van der Waals surface area contributed by atoms with E-state index in [4.69, 9.17) is 10.6 Å². The Morgan fingerprint density at radius 1 is 1.14 bits per heavy atom. The molecule has 0 fully saturated rings. The number of rotatable bonds is 7. The fourth-order valence-corrected chi connectivity index (χ4v) is 2.13. The van der Waals surface area contributed by atoms with E-state index in [0.717, 1.165) is 0 Å². The van der Waals surface area contributed by atoms with Crippen molar-refractivity contribution in [2.75, 3.05) is 20.2 Å². The molecule has 2 aromatic rings. The van der Waals surface area contributed by atoms with E-state index >= 15 is 0 Å². The Labute approximate surface area is 162 Å². The predicted molar refractivity (Wildman–Crippen MR) is 104 cm³/mol. The summed E-state index contributed by atoms with van der Waals surface area (Å²) in [6, 6.07) is 10.3. The highest BCUT2D eigenvalue weighted by Gasteiger charge is 2.13. The van der Waals surface area contributed by atoms with Crippen LogP contribution in [0.1, 0.15) is 15.9 Å². The van der Waals surface area contributed by atoms with Gasteiger partial charge in [0.25, 0.3) is 5.91 Å². The zero-order valence-electron chi connectivity index (χ0n) is 15.3. The Hall–Kier alpha value is -3.72.